The van der Waals surface area contributed by atoms with Gasteiger partial charge in [0.2, 0.25) is 5.91 Å². The fourth-order valence-electron chi connectivity index (χ4n) is 4.10. The number of rotatable bonds is 5. The zero-order valence-corrected chi connectivity index (χ0v) is 14.4. The van der Waals surface area contributed by atoms with E-state index in [2.05, 4.69) is 48.7 Å². The summed E-state index contributed by atoms with van der Waals surface area (Å²) < 4.78 is 0. The van der Waals surface area contributed by atoms with Crippen LogP contribution in [0.4, 0.5) is 0 Å². The Hall–Kier alpha value is -1.54. The van der Waals surface area contributed by atoms with Gasteiger partial charge in [0, 0.05) is 17.5 Å². The number of benzene rings is 1. The van der Waals surface area contributed by atoms with Gasteiger partial charge < -0.3 is 5.32 Å². The molecule has 1 amide bonds. The van der Waals surface area contributed by atoms with E-state index in [-0.39, 0.29) is 11.8 Å². The molecule has 2 aliphatic rings. The summed E-state index contributed by atoms with van der Waals surface area (Å²) in [6, 6.07) is 10.5. The van der Waals surface area contributed by atoms with Crippen LogP contribution in [0.3, 0.4) is 0 Å². The Balaban J connectivity index is 2.14. The number of carbonyl (C=O) groups is 1. The first kappa shape index (κ1) is 16.3. The molecule has 3 heteroatoms. The highest BCUT2D eigenvalue weighted by molar-refractivity contribution is 6.17. The van der Waals surface area contributed by atoms with E-state index in [0.29, 0.717) is 5.88 Å². The molecule has 1 aromatic carbocycles. The highest BCUT2D eigenvalue weighted by Gasteiger charge is 2.49. The number of hydrogen-bond donors (Lipinski definition) is 1. The summed E-state index contributed by atoms with van der Waals surface area (Å²) in [6.07, 6.45) is 8.88. The van der Waals surface area contributed by atoms with Gasteiger partial charge >= 0.3 is 0 Å². The number of alkyl halides is 1. The van der Waals surface area contributed by atoms with Crippen LogP contribution in [0.5, 0.6) is 0 Å². The molecule has 0 radical (unpaired) electrons. The Kier molecular flexibility index (Phi) is 4.91. The third-order valence-corrected chi connectivity index (χ3v) is 5.57. The Labute approximate surface area is 143 Å². The first-order valence-electron chi connectivity index (χ1n) is 8.55. The van der Waals surface area contributed by atoms with Crippen LogP contribution in [0, 0.1) is 5.41 Å². The van der Waals surface area contributed by atoms with Gasteiger partial charge in [-0.3, -0.25) is 4.79 Å². The van der Waals surface area contributed by atoms with Crippen molar-refractivity contribution in [3.05, 3.63) is 59.3 Å². The fourth-order valence-corrected chi connectivity index (χ4v) is 4.24. The lowest BCUT2D eigenvalue weighted by Gasteiger charge is -2.45. The second-order valence-corrected chi connectivity index (χ2v) is 6.85. The molecule has 0 saturated heterocycles. The average molecular weight is 330 g/mol. The van der Waals surface area contributed by atoms with Crippen LogP contribution in [-0.4, -0.2) is 11.8 Å². The van der Waals surface area contributed by atoms with Crippen molar-refractivity contribution in [2.24, 2.45) is 5.41 Å². The monoisotopic (exact) mass is 329 g/mol. The van der Waals surface area contributed by atoms with Crippen molar-refractivity contribution >= 4 is 17.5 Å². The van der Waals surface area contributed by atoms with Crippen LogP contribution in [0.1, 0.15) is 50.5 Å². The third kappa shape index (κ3) is 2.85. The van der Waals surface area contributed by atoms with Gasteiger partial charge in [-0.1, -0.05) is 49.4 Å². The Bertz CT molecular complexity index is 634. The largest absolute Gasteiger partial charge is 0.329 e. The predicted octanol–water partition coefficient (Wildman–Crippen LogP) is 4.92. The number of nitrogens with one attached hydrogen (secondary N) is 1. The quantitative estimate of drug-likeness (QED) is 0.763. The summed E-state index contributed by atoms with van der Waals surface area (Å²) in [6.45, 7) is 2.13. The number of halogens is 1. The van der Waals surface area contributed by atoms with Crippen LogP contribution in [0.2, 0.25) is 0 Å². The van der Waals surface area contributed by atoms with Crippen LogP contribution < -0.4 is 5.32 Å². The van der Waals surface area contributed by atoms with Crippen LogP contribution in [0.15, 0.2) is 53.8 Å². The molecule has 1 aliphatic carbocycles. The van der Waals surface area contributed by atoms with E-state index in [9.17, 15) is 4.79 Å². The highest BCUT2D eigenvalue weighted by atomic mass is 35.5. The zero-order valence-electron chi connectivity index (χ0n) is 13.6. The van der Waals surface area contributed by atoms with E-state index in [1.54, 1.807) is 0 Å². The van der Waals surface area contributed by atoms with E-state index in [1.807, 2.05) is 6.07 Å². The van der Waals surface area contributed by atoms with Crippen molar-refractivity contribution in [2.75, 3.05) is 5.88 Å². The minimum atomic E-state index is -0.406. The first-order chi connectivity index (χ1) is 11.2. The van der Waals surface area contributed by atoms with Crippen molar-refractivity contribution < 1.29 is 4.79 Å². The first-order valence-corrected chi connectivity index (χ1v) is 9.08. The smallest absolute Gasteiger partial charge is 0.231 e. The molecule has 1 aromatic rings. The molecule has 2 unspecified atom stereocenters. The average Bonchev–Trinajstić information content (AvgIpc) is 2.60. The molecule has 23 heavy (non-hydrogen) atoms. The molecule has 0 saturated carbocycles. The maximum absolute atomic E-state index is 13.1. The predicted molar refractivity (Wildman–Crippen MR) is 95.4 cm³/mol. The van der Waals surface area contributed by atoms with Crippen LogP contribution in [-0.2, 0) is 4.79 Å². The molecule has 3 rings (SSSR count). The van der Waals surface area contributed by atoms with Crippen molar-refractivity contribution in [3.63, 3.8) is 0 Å². The van der Waals surface area contributed by atoms with Crippen LogP contribution >= 0.6 is 11.6 Å². The summed E-state index contributed by atoms with van der Waals surface area (Å²) in [5.41, 5.74) is 3.23. The fraction of sp³-hybridized carbons (Fsp3) is 0.450. The Morgan fingerprint density at radius 2 is 2.09 bits per heavy atom. The van der Waals surface area contributed by atoms with Crippen molar-refractivity contribution in [1.82, 2.24) is 5.32 Å². The van der Waals surface area contributed by atoms with Crippen molar-refractivity contribution in [1.29, 1.82) is 0 Å². The van der Waals surface area contributed by atoms with E-state index >= 15 is 0 Å². The normalized spacial score (nSPS) is 26.9. The number of amides is 1. The van der Waals surface area contributed by atoms with Gasteiger partial charge in [-0.2, -0.15) is 0 Å². The van der Waals surface area contributed by atoms with Crippen LogP contribution in [0.25, 0.3) is 0 Å². The molecule has 1 heterocycles. The maximum atomic E-state index is 13.1. The van der Waals surface area contributed by atoms with Crippen molar-refractivity contribution in [2.45, 2.75) is 44.9 Å². The molecule has 0 aromatic heterocycles. The number of carbonyl (C=O) groups excluding carboxylic acids is 1. The summed E-state index contributed by atoms with van der Waals surface area (Å²) in [4.78, 5) is 13.1. The second kappa shape index (κ2) is 6.92. The van der Waals surface area contributed by atoms with E-state index in [1.165, 1.54) is 11.1 Å². The van der Waals surface area contributed by atoms with Gasteiger partial charge in [-0.15, -0.1) is 11.6 Å². The standard InChI is InChI=1S/C20H24ClNO/c1-2-20(13-8-14-21)18(15-9-4-3-5-10-15)16-11-6-7-12-17(16)22-19(20)23/h3-6,9-11,18H,2,7-8,12-14H2,1H3,(H,22,23). The molecule has 0 spiro atoms. The zero-order chi connectivity index (χ0) is 16.3. The molecule has 2 atom stereocenters. The Morgan fingerprint density at radius 3 is 2.78 bits per heavy atom. The molecule has 1 aliphatic heterocycles. The van der Waals surface area contributed by atoms with E-state index in [0.717, 1.165) is 37.8 Å². The van der Waals surface area contributed by atoms with E-state index < -0.39 is 5.41 Å². The van der Waals surface area contributed by atoms with Gasteiger partial charge in [-0.25, -0.2) is 0 Å². The SMILES string of the molecule is CCC1(CCCCl)C(=O)NC2=C(C=CCC2)C1c1ccccc1. The van der Waals surface area contributed by atoms with Gasteiger partial charge in [-0.05, 0) is 43.2 Å². The van der Waals surface area contributed by atoms with E-state index in [4.69, 9.17) is 11.6 Å². The van der Waals surface area contributed by atoms with Gasteiger partial charge in [0.1, 0.15) is 0 Å². The molecule has 2 nitrogen and oxygen atoms in total. The topological polar surface area (TPSA) is 29.1 Å². The van der Waals surface area contributed by atoms with Gasteiger partial charge in [0.05, 0.1) is 5.41 Å². The number of allylic oxidation sites excluding steroid dienone is 4. The molecular weight excluding hydrogens is 306 g/mol. The molecule has 1 N–H and O–H groups in total. The minimum absolute atomic E-state index is 0.122. The summed E-state index contributed by atoms with van der Waals surface area (Å²) in [7, 11) is 0. The lowest BCUT2D eigenvalue weighted by molar-refractivity contribution is -0.133. The molecule has 0 bridgehead atoms. The molecule has 122 valence electrons. The van der Waals surface area contributed by atoms with Crippen molar-refractivity contribution in [3.8, 4) is 0 Å². The molecular formula is C20H24ClNO. The lowest BCUT2D eigenvalue weighted by atomic mass is 9.61. The summed E-state index contributed by atoms with van der Waals surface area (Å²) in [5.74, 6) is 0.892. The summed E-state index contributed by atoms with van der Waals surface area (Å²) >= 11 is 5.96. The summed E-state index contributed by atoms with van der Waals surface area (Å²) in [5, 5.41) is 3.22. The maximum Gasteiger partial charge on any atom is 0.231 e. The van der Waals surface area contributed by atoms with Gasteiger partial charge in [0.25, 0.3) is 0 Å². The highest BCUT2D eigenvalue weighted by Crippen LogP contribution is 2.51. The number of hydrogen-bond acceptors (Lipinski definition) is 1. The minimum Gasteiger partial charge on any atom is -0.329 e. The molecule has 0 fully saturated rings. The lowest BCUT2D eigenvalue weighted by Crippen LogP contribution is -2.49. The second-order valence-electron chi connectivity index (χ2n) is 6.47. The third-order valence-electron chi connectivity index (χ3n) is 5.31. The van der Waals surface area contributed by atoms with Gasteiger partial charge in [0.15, 0.2) is 0 Å². The Morgan fingerprint density at radius 1 is 1.30 bits per heavy atom.